The molecule has 0 amide bonds. The topological polar surface area (TPSA) is 90.9 Å². The van der Waals surface area contributed by atoms with E-state index in [2.05, 4.69) is 15.3 Å². The van der Waals surface area contributed by atoms with Gasteiger partial charge in [0.05, 0.1) is 11.9 Å². The third-order valence-electron chi connectivity index (χ3n) is 0.759. The van der Waals surface area contributed by atoms with E-state index in [-0.39, 0.29) is 0 Å². The van der Waals surface area contributed by atoms with Crippen LogP contribution >= 0.6 is 0 Å². The Bertz CT molecular complexity index is 189. The molecule has 1 rings (SSSR count). The number of hydrogen-bond donors (Lipinski definition) is 3. The van der Waals surface area contributed by atoms with Gasteiger partial charge in [-0.15, -0.1) is 5.11 Å². The lowest BCUT2D eigenvalue weighted by atomic mass is 10.5. The van der Waals surface area contributed by atoms with Gasteiger partial charge >= 0.3 is 0 Å². The molecule has 1 aromatic rings. The number of nitrogens with zero attached hydrogens (tertiary/aromatic N) is 2. The van der Waals surface area contributed by atoms with Gasteiger partial charge in [0.1, 0.15) is 0 Å². The summed E-state index contributed by atoms with van der Waals surface area (Å²) in [6, 6.07) is 0. The monoisotopic (exact) mass is 111 g/mol. The van der Waals surface area contributed by atoms with E-state index in [1.165, 1.54) is 6.20 Å². The van der Waals surface area contributed by atoms with Gasteiger partial charge in [-0.3, -0.25) is 5.10 Å². The third kappa shape index (κ3) is 0.534. The van der Waals surface area contributed by atoms with Crippen LogP contribution in [0.1, 0.15) is 0 Å². The summed E-state index contributed by atoms with van der Waals surface area (Å²) < 4.78 is 0. The number of hydrogen-bond acceptors (Lipinski definition) is 4. The van der Waals surface area contributed by atoms with Gasteiger partial charge in [-0.2, -0.15) is 5.10 Å². The van der Waals surface area contributed by atoms with E-state index in [1.54, 1.807) is 0 Å². The molecule has 0 aliphatic heterocycles. The van der Waals surface area contributed by atoms with Gasteiger partial charge in [0.2, 0.25) is 0 Å². The molecule has 0 bridgehead atoms. The van der Waals surface area contributed by atoms with Crippen LogP contribution in [0.15, 0.2) is 11.3 Å². The van der Waals surface area contributed by atoms with E-state index in [1.807, 2.05) is 0 Å². The first kappa shape index (κ1) is 4.76. The van der Waals surface area contributed by atoms with Crippen LogP contribution in [-0.4, -0.2) is 10.2 Å². The molecule has 0 fully saturated rings. The fraction of sp³-hybridized carbons (Fsp3) is 0. The van der Waals surface area contributed by atoms with Crippen LogP contribution in [0, 0.1) is 5.53 Å². The predicted molar refractivity (Wildman–Crippen MR) is 27.8 cm³/mol. The Morgan fingerprint density at radius 2 is 2.62 bits per heavy atom. The molecule has 0 atom stereocenters. The lowest BCUT2D eigenvalue weighted by Gasteiger charge is -1.80. The molecular weight excluding hydrogens is 106 g/mol. The van der Waals surface area contributed by atoms with Crippen molar-refractivity contribution in [1.82, 2.24) is 10.2 Å². The van der Waals surface area contributed by atoms with Gasteiger partial charge in [-0.25, -0.2) is 5.53 Å². The van der Waals surface area contributed by atoms with E-state index in [9.17, 15) is 0 Å². The van der Waals surface area contributed by atoms with Crippen LogP contribution < -0.4 is 5.73 Å². The quantitative estimate of drug-likeness (QED) is 0.464. The van der Waals surface area contributed by atoms with Crippen LogP contribution in [0.2, 0.25) is 0 Å². The minimum absolute atomic E-state index is 0.310. The highest BCUT2D eigenvalue weighted by Gasteiger charge is 1.94. The standard InChI is InChI=1S/C3H5N5/c4-2-1-6-8-3(2)7-5/h1,5H,4H2,(H,6,8). The number of H-pyrrole nitrogens is 1. The first-order valence-electron chi connectivity index (χ1n) is 2.01. The SMILES string of the molecule is N=Nc1[nH]ncc1N. The van der Waals surface area contributed by atoms with Gasteiger partial charge in [0, 0.05) is 0 Å². The molecule has 0 saturated carbocycles. The highest BCUT2D eigenvalue weighted by molar-refractivity contribution is 5.54. The zero-order chi connectivity index (χ0) is 5.98. The molecule has 0 spiro atoms. The maximum atomic E-state index is 6.47. The van der Waals surface area contributed by atoms with Crippen molar-refractivity contribution in [2.45, 2.75) is 0 Å². The van der Waals surface area contributed by atoms with Gasteiger partial charge in [-0.1, -0.05) is 0 Å². The summed E-state index contributed by atoms with van der Waals surface area (Å²) >= 11 is 0. The van der Waals surface area contributed by atoms with Crippen molar-refractivity contribution in [3.8, 4) is 0 Å². The van der Waals surface area contributed by atoms with Crippen molar-refractivity contribution in [1.29, 1.82) is 5.53 Å². The van der Waals surface area contributed by atoms with E-state index >= 15 is 0 Å². The summed E-state index contributed by atoms with van der Waals surface area (Å²) in [6.07, 6.45) is 1.41. The van der Waals surface area contributed by atoms with Gasteiger partial charge in [0.25, 0.3) is 0 Å². The Balaban J connectivity index is 3.09. The van der Waals surface area contributed by atoms with Crippen molar-refractivity contribution in [3.63, 3.8) is 0 Å². The largest absolute Gasteiger partial charge is 0.394 e. The van der Waals surface area contributed by atoms with Crippen molar-refractivity contribution in [2.24, 2.45) is 5.11 Å². The average Bonchev–Trinajstić information content (AvgIpc) is 2.14. The number of anilines is 1. The molecule has 0 aliphatic rings. The van der Waals surface area contributed by atoms with Gasteiger partial charge < -0.3 is 5.73 Å². The molecule has 4 N–H and O–H groups in total. The van der Waals surface area contributed by atoms with Crippen molar-refractivity contribution in [3.05, 3.63) is 6.20 Å². The number of aromatic amines is 1. The molecule has 42 valence electrons. The minimum atomic E-state index is 0.310. The predicted octanol–water partition coefficient (Wildman–Crippen LogP) is 0.654. The van der Waals surface area contributed by atoms with Crippen molar-refractivity contribution >= 4 is 11.5 Å². The Hall–Kier alpha value is -1.39. The number of rotatable bonds is 1. The number of nitrogens with one attached hydrogen (secondary N) is 2. The maximum absolute atomic E-state index is 6.47. The second-order valence-electron chi connectivity index (χ2n) is 1.29. The fourth-order valence-electron chi connectivity index (χ4n) is 0.378. The minimum Gasteiger partial charge on any atom is -0.394 e. The molecule has 0 aliphatic carbocycles. The second-order valence-corrected chi connectivity index (χ2v) is 1.29. The van der Waals surface area contributed by atoms with Crippen LogP contribution in [0.3, 0.4) is 0 Å². The zero-order valence-corrected chi connectivity index (χ0v) is 4.05. The first-order valence-corrected chi connectivity index (χ1v) is 2.01. The second kappa shape index (κ2) is 1.61. The average molecular weight is 111 g/mol. The highest BCUT2D eigenvalue weighted by atomic mass is 15.2. The summed E-state index contributed by atoms with van der Waals surface area (Å²) in [6.45, 7) is 0. The van der Waals surface area contributed by atoms with Crippen LogP contribution in [0.25, 0.3) is 0 Å². The normalized spacial score (nSPS) is 9.00. The lowest BCUT2D eigenvalue weighted by molar-refractivity contribution is 1.03. The number of nitrogens with two attached hydrogens (primary N) is 1. The number of aromatic nitrogens is 2. The molecule has 1 aromatic heterocycles. The molecule has 0 aromatic carbocycles. The Morgan fingerprint density at radius 3 is 2.88 bits per heavy atom. The molecule has 0 radical (unpaired) electrons. The maximum Gasteiger partial charge on any atom is 0.192 e. The molecule has 5 nitrogen and oxygen atoms in total. The Kier molecular flexibility index (Phi) is 0.957. The highest BCUT2D eigenvalue weighted by Crippen LogP contribution is 2.14. The molecular formula is C3H5N5. The van der Waals surface area contributed by atoms with Crippen molar-refractivity contribution in [2.75, 3.05) is 5.73 Å². The van der Waals surface area contributed by atoms with Crippen LogP contribution in [0.5, 0.6) is 0 Å². The first-order chi connectivity index (χ1) is 3.84. The summed E-state index contributed by atoms with van der Waals surface area (Å²) in [4.78, 5) is 0. The van der Waals surface area contributed by atoms with E-state index < -0.39 is 0 Å². The molecule has 0 unspecified atom stereocenters. The third-order valence-corrected chi connectivity index (χ3v) is 0.759. The summed E-state index contributed by atoms with van der Waals surface area (Å²) in [5.41, 5.74) is 12.1. The van der Waals surface area contributed by atoms with Crippen LogP contribution in [-0.2, 0) is 0 Å². The Labute approximate surface area is 45.4 Å². The van der Waals surface area contributed by atoms with E-state index in [0.29, 0.717) is 11.5 Å². The summed E-state index contributed by atoms with van der Waals surface area (Å²) in [7, 11) is 0. The zero-order valence-electron chi connectivity index (χ0n) is 4.05. The summed E-state index contributed by atoms with van der Waals surface area (Å²) in [5, 5.41) is 8.99. The van der Waals surface area contributed by atoms with Gasteiger partial charge in [0.15, 0.2) is 5.82 Å². The lowest BCUT2D eigenvalue weighted by Crippen LogP contribution is -1.78. The fourth-order valence-corrected chi connectivity index (χ4v) is 0.378. The van der Waals surface area contributed by atoms with Crippen LogP contribution in [0.4, 0.5) is 11.5 Å². The van der Waals surface area contributed by atoms with Gasteiger partial charge in [-0.05, 0) is 0 Å². The Morgan fingerprint density at radius 1 is 1.88 bits per heavy atom. The molecule has 0 saturated heterocycles. The van der Waals surface area contributed by atoms with Crippen molar-refractivity contribution < 1.29 is 0 Å². The number of nitrogen functional groups attached to an aromatic ring is 1. The molecule has 1 heterocycles. The van der Waals surface area contributed by atoms with E-state index in [0.717, 1.165) is 0 Å². The summed E-state index contributed by atoms with van der Waals surface area (Å²) in [5.74, 6) is 0.310. The molecule has 8 heavy (non-hydrogen) atoms. The smallest absolute Gasteiger partial charge is 0.192 e. The molecule has 5 heteroatoms. The van der Waals surface area contributed by atoms with E-state index in [4.69, 9.17) is 11.3 Å².